The van der Waals surface area contributed by atoms with Crippen molar-refractivity contribution in [2.45, 2.75) is 12.3 Å². The summed E-state index contributed by atoms with van der Waals surface area (Å²) in [7, 11) is 1.18. The average molecular weight is 374 g/mol. The van der Waals surface area contributed by atoms with E-state index < -0.39 is 34.6 Å². The van der Waals surface area contributed by atoms with Crippen molar-refractivity contribution in [3.8, 4) is 0 Å². The van der Waals surface area contributed by atoms with Gasteiger partial charge in [0.2, 0.25) is 6.54 Å². The second-order valence-electron chi connectivity index (χ2n) is 6.22. The molecule has 6 nitrogen and oxygen atoms in total. The second-order valence-corrected chi connectivity index (χ2v) is 6.62. The number of rotatable bonds is 5. The van der Waals surface area contributed by atoms with Crippen LogP contribution in [0.25, 0.3) is 0 Å². The van der Waals surface area contributed by atoms with Gasteiger partial charge in [-0.25, -0.2) is 0 Å². The van der Waals surface area contributed by atoms with Crippen LogP contribution < -0.4 is 0 Å². The number of halogens is 1. The Morgan fingerprint density at radius 2 is 1.92 bits per heavy atom. The van der Waals surface area contributed by atoms with Gasteiger partial charge in [0.1, 0.15) is 5.41 Å². The van der Waals surface area contributed by atoms with E-state index in [1.165, 1.54) is 7.11 Å². The van der Waals surface area contributed by atoms with Crippen molar-refractivity contribution < 1.29 is 19.2 Å². The van der Waals surface area contributed by atoms with Crippen LogP contribution >= 0.6 is 11.6 Å². The number of hydrogen-bond acceptors (Lipinski definition) is 5. The standard InChI is InChI=1S/C19H16ClNO5/c1-26-18(23)19(10-12-6-2-3-7-13(12)17(19)22)15(11-21(24)25)14-8-4-5-9-16(14)20/h2-9,15H,10-11H2,1H3/t15-,19+/m1/s1. The van der Waals surface area contributed by atoms with Gasteiger partial charge in [-0.1, -0.05) is 54.1 Å². The second kappa shape index (κ2) is 6.88. The van der Waals surface area contributed by atoms with Crippen molar-refractivity contribution in [1.29, 1.82) is 0 Å². The highest BCUT2D eigenvalue weighted by atomic mass is 35.5. The van der Waals surface area contributed by atoms with Crippen LogP contribution in [-0.2, 0) is 16.0 Å². The molecule has 2 aromatic carbocycles. The molecule has 0 radical (unpaired) electrons. The molecule has 2 aromatic rings. The minimum atomic E-state index is -1.71. The van der Waals surface area contributed by atoms with E-state index in [1.807, 2.05) is 0 Å². The van der Waals surface area contributed by atoms with Crippen LogP contribution in [0, 0.1) is 15.5 Å². The summed E-state index contributed by atoms with van der Waals surface area (Å²) in [5.41, 5.74) is -0.268. The SMILES string of the molecule is COC(=O)[C@]1([C@H](C[N+](=O)[O-])c2ccccc2Cl)Cc2ccccc2C1=O. The van der Waals surface area contributed by atoms with Crippen molar-refractivity contribution in [2.75, 3.05) is 13.7 Å². The molecule has 134 valence electrons. The van der Waals surface area contributed by atoms with Crippen molar-refractivity contribution in [2.24, 2.45) is 5.41 Å². The van der Waals surface area contributed by atoms with Crippen LogP contribution in [0.4, 0.5) is 0 Å². The Kier molecular flexibility index (Phi) is 4.78. The zero-order valence-corrected chi connectivity index (χ0v) is 14.7. The van der Waals surface area contributed by atoms with Gasteiger partial charge in [-0.05, 0) is 23.6 Å². The van der Waals surface area contributed by atoms with Gasteiger partial charge in [-0.3, -0.25) is 19.7 Å². The van der Waals surface area contributed by atoms with E-state index in [2.05, 4.69) is 0 Å². The van der Waals surface area contributed by atoms with Crippen LogP contribution in [0.2, 0.25) is 5.02 Å². The number of ether oxygens (including phenoxy) is 1. The molecule has 0 aliphatic heterocycles. The smallest absolute Gasteiger partial charge is 0.320 e. The third-order valence-electron chi connectivity index (χ3n) is 4.89. The third kappa shape index (κ3) is 2.76. The number of fused-ring (bicyclic) bond motifs is 1. The molecule has 0 bridgehead atoms. The van der Waals surface area contributed by atoms with Gasteiger partial charge in [0.15, 0.2) is 5.78 Å². The zero-order chi connectivity index (χ0) is 18.9. The molecule has 3 rings (SSSR count). The number of methoxy groups -OCH3 is 1. The highest BCUT2D eigenvalue weighted by molar-refractivity contribution is 6.31. The summed E-state index contributed by atoms with van der Waals surface area (Å²) in [6.45, 7) is -0.613. The molecule has 0 heterocycles. The Balaban J connectivity index is 2.23. The Hall–Kier alpha value is -2.73. The van der Waals surface area contributed by atoms with Gasteiger partial charge in [0.05, 0.1) is 13.0 Å². The number of nitrogens with zero attached hydrogens (tertiary/aromatic N) is 1. The first-order valence-corrected chi connectivity index (χ1v) is 8.37. The van der Waals surface area contributed by atoms with E-state index >= 15 is 0 Å². The molecule has 1 aliphatic carbocycles. The number of hydrogen-bond donors (Lipinski definition) is 0. The molecule has 0 N–H and O–H groups in total. The number of carbonyl (C=O) groups is 2. The van der Waals surface area contributed by atoms with Crippen LogP contribution in [0.15, 0.2) is 48.5 Å². The van der Waals surface area contributed by atoms with Crippen molar-refractivity contribution in [1.82, 2.24) is 0 Å². The van der Waals surface area contributed by atoms with Gasteiger partial charge >= 0.3 is 5.97 Å². The Bertz CT molecular complexity index is 897. The predicted octanol–water partition coefficient (Wildman–Crippen LogP) is 3.30. The first kappa shape index (κ1) is 18.1. The molecule has 0 unspecified atom stereocenters. The van der Waals surface area contributed by atoms with E-state index in [4.69, 9.17) is 16.3 Å². The average Bonchev–Trinajstić information content (AvgIpc) is 2.93. The molecule has 2 atom stereocenters. The van der Waals surface area contributed by atoms with Crippen molar-refractivity contribution >= 4 is 23.4 Å². The summed E-state index contributed by atoms with van der Waals surface area (Å²) in [6, 6.07) is 13.4. The van der Waals surface area contributed by atoms with Gasteiger partial charge < -0.3 is 4.74 Å². The molecule has 0 saturated heterocycles. The lowest BCUT2D eigenvalue weighted by molar-refractivity contribution is -0.485. The minimum absolute atomic E-state index is 0.0401. The Labute approximate surface area is 154 Å². The van der Waals surface area contributed by atoms with E-state index in [9.17, 15) is 19.7 Å². The van der Waals surface area contributed by atoms with Gasteiger partial charge in [0, 0.05) is 15.5 Å². The van der Waals surface area contributed by atoms with E-state index in [-0.39, 0.29) is 11.4 Å². The maximum atomic E-state index is 13.3. The first-order valence-electron chi connectivity index (χ1n) is 7.99. The Morgan fingerprint density at radius 3 is 2.54 bits per heavy atom. The van der Waals surface area contributed by atoms with Gasteiger partial charge in [-0.2, -0.15) is 0 Å². The first-order chi connectivity index (χ1) is 12.4. The topological polar surface area (TPSA) is 86.5 Å². The fourth-order valence-corrected chi connectivity index (χ4v) is 3.98. The molecule has 0 aromatic heterocycles. The van der Waals surface area contributed by atoms with Gasteiger partial charge in [-0.15, -0.1) is 0 Å². The number of ketones is 1. The number of benzene rings is 2. The maximum Gasteiger partial charge on any atom is 0.320 e. The predicted molar refractivity (Wildman–Crippen MR) is 95.0 cm³/mol. The summed E-state index contributed by atoms with van der Waals surface area (Å²) < 4.78 is 4.94. The lowest BCUT2D eigenvalue weighted by Gasteiger charge is -2.31. The largest absolute Gasteiger partial charge is 0.468 e. The highest BCUT2D eigenvalue weighted by Gasteiger charge is 2.59. The molecule has 0 amide bonds. The van der Waals surface area contributed by atoms with Gasteiger partial charge in [0.25, 0.3) is 0 Å². The summed E-state index contributed by atoms with van der Waals surface area (Å²) in [5.74, 6) is -2.30. The normalized spacial score (nSPS) is 19.7. The summed E-state index contributed by atoms with van der Waals surface area (Å²) >= 11 is 6.26. The number of esters is 1. The quantitative estimate of drug-likeness (QED) is 0.347. The molecule has 26 heavy (non-hydrogen) atoms. The summed E-state index contributed by atoms with van der Waals surface area (Å²) in [6.07, 6.45) is 0.0401. The lowest BCUT2D eigenvalue weighted by atomic mass is 9.69. The maximum absolute atomic E-state index is 13.3. The Morgan fingerprint density at radius 1 is 1.27 bits per heavy atom. The molecule has 1 aliphatic rings. The highest BCUT2D eigenvalue weighted by Crippen LogP contribution is 2.49. The summed E-state index contributed by atoms with van der Waals surface area (Å²) in [4.78, 5) is 36.9. The van der Waals surface area contributed by atoms with Crippen molar-refractivity contribution in [3.63, 3.8) is 0 Å². The third-order valence-corrected chi connectivity index (χ3v) is 5.24. The molecule has 7 heteroatoms. The molecular weight excluding hydrogens is 358 g/mol. The molecule has 0 saturated carbocycles. The van der Waals surface area contributed by atoms with E-state index in [0.717, 1.165) is 0 Å². The van der Waals surface area contributed by atoms with E-state index in [1.54, 1.807) is 48.5 Å². The van der Waals surface area contributed by atoms with Crippen LogP contribution in [0.5, 0.6) is 0 Å². The zero-order valence-electron chi connectivity index (χ0n) is 14.0. The van der Waals surface area contributed by atoms with Crippen molar-refractivity contribution in [3.05, 3.63) is 80.4 Å². The molecular formula is C19H16ClNO5. The van der Waals surface area contributed by atoms with Crippen LogP contribution in [-0.4, -0.2) is 30.3 Å². The molecule has 0 spiro atoms. The summed E-state index contributed by atoms with van der Waals surface area (Å²) in [5, 5.41) is 11.7. The van der Waals surface area contributed by atoms with Crippen LogP contribution in [0.1, 0.15) is 27.4 Å². The number of Topliss-reactive ketones (excluding diaryl/α,β-unsaturated/α-hetero) is 1. The monoisotopic (exact) mass is 373 g/mol. The number of nitro groups is 1. The van der Waals surface area contributed by atoms with E-state index in [0.29, 0.717) is 16.7 Å². The minimum Gasteiger partial charge on any atom is -0.468 e. The number of carbonyl (C=O) groups excluding carboxylic acids is 2. The fraction of sp³-hybridized carbons (Fsp3) is 0.263. The van der Waals surface area contributed by atoms with Crippen LogP contribution in [0.3, 0.4) is 0 Å². The molecule has 0 fully saturated rings. The lowest BCUT2D eigenvalue weighted by Crippen LogP contribution is -2.46. The fourth-order valence-electron chi connectivity index (χ4n) is 3.71.